The molecule has 0 aliphatic carbocycles. The van der Waals surface area contributed by atoms with Gasteiger partial charge in [-0.3, -0.25) is 18.9 Å². The van der Waals surface area contributed by atoms with Crippen molar-refractivity contribution in [3.63, 3.8) is 0 Å². The van der Waals surface area contributed by atoms with Crippen LogP contribution < -0.4 is 11.2 Å². The van der Waals surface area contributed by atoms with Gasteiger partial charge in [-0.25, -0.2) is 9.36 Å². The molecule has 1 aromatic rings. The fraction of sp³-hybridized carbons (Fsp3) is 0.600. The molecule has 1 unspecified atom stereocenters. The smallest absolute Gasteiger partial charge is 0.391 e. The Morgan fingerprint density at radius 3 is 2.39 bits per heavy atom. The summed E-state index contributed by atoms with van der Waals surface area (Å²) in [4.78, 5) is 40.2. The number of aromatic amines is 1. The fourth-order valence-corrected chi connectivity index (χ4v) is 1.89. The highest BCUT2D eigenvalue weighted by Crippen LogP contribution is 2.34. The summed E-state index contributed by atoms with van der Waals surface area (Å²) in [6, 6.07) is 0. The number of H-pyrrole nitrogens is 1. The van der Waals surface area contributed by atoms with Crippen molar-refractivity contribution in [3.8, 4) is 0 Å². The number of ether oxygens (including phenoxy) is 1. The first-order valence-electron chi connectivity index (χ1n) is 6.27. The molecule has 2 rings (SSSR count). The molecule has 2 atom stereocenters. The largest absolute Gasteiger partial charge is 0.471 e. The van der Waals surface area contributed by atoms with Gasteiger partial charge in [-0.1, -0.05) is 0 Å². The maximum absolute atomic E-state index is 11.5. The number of aromatic nitrogens is 2. The van der Waals surface area contributed by atoms with Gasteiger partial charge in [0, 0.05) is 12.6 Å². The van der Waals surface area contributed by atoms with E-state index in [1.54, 1.807) is 0 Å². The van der Waals surface area contributed by atoms with Crippen molar-refractivity contribution in [2.75, 3.05) is 6.79 Å². The minimum absolute atomic E-state index is 0.0876. The molecule has 1 fully saturated rings. The van der Waals surface area contributed by atoms with Gasteiger partial charge < -0.3 is 29.8 Å². The highest BCUT2D eigenvalue weighted by atomic mass is 31.2. The van der Waals surface area contributed by atoms with Crippen LogP contribution in [0.1, 0.15) is 24.6 Å². The maximum Gasteiger partial charge on any atom is 0.471 e. The molecule has 13 heteroatoms. The second kappa shape index (κ2) is 8.47. The van der Waals surface area contributed by atoms with Gasteiger partial charge in [-0.05, 0) is 6.42 Å². The number of aliphatic hydroxyl groups is 3. The van der Waals surface area contributed by atoms with Gasteiger partial charge in [-0.15, -0.1) is 0 Å². The van der Waals surface area contributed by atoms with Crippen molar-refractivity contribution in [3.05, 3.63) is 32.6 Å². The van der Waals surface area contributed by atoms with Crippen LogP contribution in [0.25, 0.3) is 0 Å². The van der Waals surface area contributed by atoms with Crippen LogP contribution in [0.4, 0.5) is 0 Å². The second-order valence-corrected chi connectivity index (χ2v) is 5.59. The lowest BCUT2D eigenvalue weighted by atomic mass is 10.3. The van der Waals surface area contributed by atoms with Crippen LogP contribution in [0.15, 0.2) is 15.8 Å². The molecule has 132 valence electrons. The molecule has 0 aromatic carbocycles. The number of hydrogen-bond acceptors (Lipinski definition) is 8. The number of hydrogen-bond donors (Lipinski definition) is 6. The Labute approximate surface area is 128 Å². The molecule has 2 heterocycles. The highest BCUT2D eigenvalue weighted by molar-refractivity contribution is 7.46. The minimum atomic E-state index is -4.42. The lowest BCUT2D eigenvalue weighted by Crippen LogP contribution is -2.34. The first-order chi connectivity index (χ1) is 10.7. The molecule has 1 aliphatic rings. The fourth-order valence-electron chi connectivity index (χ4n) is 1.74. The Balaban J connectivity index is 0.000000322. The molecule has 6 N–H and O–H groups in total. The Hall–Kier alpha value is -1.37. The third-order valence-electron chi connectivity index (χ3n) is 2.72. The van der Waals surface area contributed by atoms with Gasteiger partial charge in [0.1, 0.15) is 6.23 Å². The molecule has 23 heavy (non-hydrogen) atoms. The van der Waals surface area contributed by atoms with Crippen LogP contribution in [0, 0.1) is 0 Å². The number of phosphoric acid groups is 1. The molecule has 1 aliphatic heterocycles. The van der Waals surface area contributed by atoms with Crippen LogP contribution in [0.5, 0.6) is 0 Å². The summed E-state index contributed by atoms with van der Waals surface area (Å²) >= 11 is 0. The van der Waals surface area contributed by atoms with Crippen LogP contribution >= 0.6 is 7.82 Å². The van der Waals surface area contributed by atoms with Crippen LogP contribution in [0.3, 0.4) is 0 Å². The van der Waals surface area contributed by atoms with E-state index in [9.17, 15) is 19.3 Å². The number of aliphatic hydroxyl groups excluding tert-OH is 3. The molecule has 0 radical (unpaired) electrons. The lowest BCUT2D eigenvalue weighted by Gasteiger charge is -2.13. The van der Waals surface area contributed by atoms with E-state index in [1.165, 1.54) is 10.8 Å². The summed E-state index contributed by atoms with van der Waals surface area (Å²) in [5, 5.41) is 25.8. The summed E-state index contributed by atoms with van der Waals surface area (Å²) in [5.74, 6) is 0. The standard InChI is InChI=1S/C9H12N2O5.CH5O5P/c12-4-5-3-11(9(15)10-8(5)14)6-1-2-7(13)16-6;2-1-6-7(3,4)5/h3,6-7,12-13H,1-2,4H2,(H,10,14,15);2H,1H2,(H2,3,4,5)/t6?,7-;/m0./s1. The molecule has 0 spiro atoms. The van der Waals surface area contributed by atoms with E-state index in [2.05, 4.69) is 9.51 Å². The van der Waals surface area contributed by atoms with E-state index in [0.717, 1.165) is 0 Å². The first-order valence-corrected chi connectivity index (χ1v) is 7.80. The molecule has 0 amide bonds. The van der Waals surface area contributed by atoms with E-state index < -0.39 is 45.0 Å². The zero-order chi connectivity index (χ0) is 17.6. The van der Waals surface area contributed by atoms with Gasteiger partial charge >= 0.3 is 13.5 Å². The number of nitrogens with zero attached hydrogens (tertiary/aromatic N) is 1. The molecule has 0 saturated carbocycles. The topological polar surface area (TPSA) is 192 Å². The number of rotatable bonds is 4. The normalized spacial score (nSPS) is 20.9. The summed E-state index contributed by atoms with van der Waals surface area (Å²) in [7, 11) is -4.42. The predicted molar refractivity (Wildman–Crippen MR) is 72.8 cm³/mol. The quantitative estimate of drug-likeness (QED) is 0.252. The zero-order valence-electron chi connectivity index (χ0n) is 11.7. The molecule has 1 saturated heterocycles. The Kier molecular flexibility index (Phi) is 7.25. The number of phosphoric ester groups is 1. The minimum Gasteiger partial charge on any atom is -0.391 e. The predicted octanol–water partition coefficient (Wildman–Crippen LogP) is -2.30. The van der Waals surface area contributed by atoms with Gasteiger partial charge in [-0.2, -0.15) is 0 Å². The van der Waals surface area contributed by atoms with E-state index in [0.29, 0.717) is 12.8 Å². The van der Waals surface area contributed by atoms with Crippen molar-refractivity contribution in [2.24, 2.45) is 0 Å². The average molecular weight is 356 g/mol. The molecular formula is C10H17N2O10P. The van der Waals surface area contributed by atoms with E-state index in [1.807, 2.05) is 0 Å². The van der Waals surface area contributed by atoms with Gasteiger partial charge in [0.05, 0.1) is 12.2 Å². The average Bonchev–Trinajstić information content (AvgIpc) is 2.85. The van der Waals surface area contributed by atoms with E-state index >= 15 is 0 Å². The van der Waals surface area contributed by atoms with E-state index in [4.69, 9.17) is 24.7 Å². The third kappa shape index (κ3) is 6.33. The lowest BCUT2D eigenvalue weighted by molar-refractivity contribution is -0.113. The van der Waals surface area contributed by atoms with E-state index in [-0.39, 0.29) is 5.56 Å². The first kappa shape index (κ1) is 19.7. The van der Waals surface area contributed by atoms with Crippen LogP contribution in [-0.2, 0) is 20.4 Å². The summed E-state index contributed by atoms with van der Waals surface area (Å²) in [6.07, 6.45) is 0.693. The molecular weight excluding hydrogens is 339 g/mol. The van der Waals surface area contributed by atoms with Gasteiger partial charge in [0.15, 0.2) is 13.1 Å². The van der Waals surface area contributed by atoms with Crippen LogP contribution in [0.2, 0.25) is 0 Å². The molecule has 12 nitrogen and oxygen atoms in total. The SMILES string of the molecule is O=P(O)(O)OCO.O=c1[nH]c(=O)n(C2CC[C@@H](O)O2)cc1CO. The van der Waals surface area contributed by atoms with Crippen molar-refractivity contribution in [1.82, 2.24) is 9.55 Å². The third-order valence-corrected chi connectivity index (χ3v) is 3.17. The molecule has 1 aromatic heterocycles. The van der Waals surface area contributed by atoms with Crippen LogP contribution in [-0.4, -0.2) is 47.7 Å². The summed E-state index contributed by atoms with van der Waals surface area (Å²) in [6.45, 7) is -1.41. The van der Waals surface area contributed by atoms with Gasteiger partial charge in [0.2, 0.25) is 0 Å². The summed E-state index contributed by atoms with van der Waals surface area (Å²) < 4.78 is 19.2. The Morgan fingerprint density at radius 1 is 1.35 bits per heavy atom. The Morgan fingerprint density at radius 2 is 2.00 bits per heavy atom. The highest BCUT2D eigenvalue weighted by Gasteiger charge is 2.25. The van der Waals surface area contributed by atoms with Crippen molar-refractivity contribution < 1.29 is 38.9 Å². The Bertz CT molecular complexity index is 664. The monoisotopic (exact) mass is 356 g/mol. The van der Waals surface area contributed by atoms with Crippen molar-refractivity contribution in [2.45, 2.75) is 32.0 Å². The maximum atomic E-state index is 11.5. The van der Waals surface area contributed by atoms with Crippen molar-refractivity contribution in [1.29, 1.82) is 0 Å². The summed E-state index contributed by atoms with van der Waals surface area (Å²) in [5.41, 5.74) is -1.13. The molecule has 0 bridgehead atoms. The zero-order valence-corrected chi connectivity index (χ0v) is 12.6. The van der Waals surface area contributed by atoms with Crippen molar-refractivity contribution >= 4 is 7.82 Å². The van der Waals surface area contributed by atoms with Gasteiger partial charge in [0.25, 0.3) is 5.56 Å². The second-order valence-electron chi connectivity index (χ2n) is 4.35. The number of nitrogens with one attached hydrogen (secondary N) is 1.